The second kappa shape index (κ2) is 7.35. The van der Waals surface area contributed by atoms with Crippen molar-refractivity contribution in [2.24, 2.45) is 0 Å². The summed E-state index contributed by atoms with van der Waals surface area (Å²) >= 11 is 0. The molecule has 0 saturated carbocycles. The normalized spacial score (nSPS) is 12.4. The lowest BCUT2D eigenvalue weighted by Crippen LogP contribution is -2.39. The first-order valence-corrected chi connectivity index (χ1v) is 6.95. The summed E-state index contributed by atoms with van der Waals surface area (Å²) in [5.74, 6) is -0.000712. The highest BCUT2D eigenvalue weighted by molar-refractivity contribution is 5.75. The molecule has 7 heteroatoms. The van der Waals surface area contributed by atoms with E-state index < -0.39 is 12.7 Å². The summed E-state index contributed by atoms with van der Waals surface area (Å²) in [6.45, 7) is 4.95. The van der Waals surface area contributed by atoms with Crippen LogP contribution in [0.1, 0.15) is 18.1 Å². The van der Waals surface area contributed by atoms with Crippen LogP contribution in [0.25, 0.3) is 12.7 Å². The molecule has 1 amide bonds. The third-order valence-electron chi connectivity index (χ3n) is 3.26. The second-order valence-electron chi connectivity index (χ2n) is 4.75. The van der Waals surface area contributed by atoms with Crippen LogP contribution in [-0.2, 0) is 13.2 Å². The van der Waals surface area contributed by atoms with Crippen LogP contribution >= 0.6 is 0 Å². The van der Waals surface area contributed by atoms with E-state index in [0.29, 0.717) is 16.5 Å². The Morgan fingerprint density at radius 2 is 2.13 bits per heavy atom. The Bertz CT molecular complexity index is 842. The number of nitrogens with zero attached hydrogens (tertiary/aromatic N) is 3. The van der Waals surface area contributed by atoms with Crippen molar-refractivity contribution in [1.82, 2.24) is 20.3 Å². The zero-order valence-electron chi connectivity index (χ0n) is 12.7. The summed E-state index contributed by atoms with van der Waals surface area (Å²) in [5, 5.41) is 20.1. The molecular formula is C16H17FN4O2. The van der Waals surface area contributed by atoms with Gasteiger partial charge < -0.3 is 10.4 Å². The van der Waals surface area contributed by atoms with E-state index >= 15 is 0 Å². The number of rotatable bonds is 4. The third-order valence-corrected chi connectivity index (χ3v) is 3.26. The highest BCUT2D eigenvalue weighted by Crippen LogP contribution is 2.09. The van der Waals surface area contributed by atoms with Gasteiger partial charge in [0.05, 0.1) is 5.35 Å². The van der Waals surface area contributed by atoms with E-state index in [9.17, 15) is 14.3 Å². The van der Waals surface area contributed by atoms with E-state index in [1.807, 2.05) is 0 Å². The molecule has 0 bridgehead atoms. The van der Waals surface area contributed by atoms with Crippen LogP contribution in [0.4, 0.5) is 9.18 Å². The molecule has 0 spiro atoms. The van der Waals surface area contributed by atoms with E-state index in [1.54, 1.807) is 31.2 Å². The Morgan fingerprint density at radius 3 is 2.78 bits per heavy atom. The second-order valence-corrected chi connectivity index (χ2v) is 4.75. The van der Waals surface area contributed by atoms with Gasteiger partial charge in [-0.05, 0) is 24.1 Å². The van der Waals surface area contributed by atoms with E-state index in [1.165, 1.54) is 12.2 Å². The van der Waals surface area contributed by atoms with Crippen molar-refractivity contribution >= 4 is 18.7 Å². The summed E-state index contributed by atoms with van der Waals surface area (Å²) in [6, 6.07) is 6.38. The summed E-state index contributed by atoms with van der Waals surface area (Å²) < 4.78 is 13.9. The van der Waals surface area contributed by atoms with Crippen molar-refractivity contribution in [3.05, 3.63) is 57.9 Å². The third kappa shape index (κ3) is 3.82. The fourth-order valence-corrected chi connectivity index (χ4v) is 1.92. The predicted molar refractivity (Wildman–Crippen MR) is 84.5 cm³/mol. The molecule has 0 aliphatic carbocycles. The average molecular weight is 316 g/mol. The molecule has 0 atom stereocenters. The van der Waals surface area contributed by atoms with Crippen LogP contribution in [0.15, 0.2) is 36.1 Å². The minimum atomic E-state index is -0.600. The van der Waals surface area contributed by atoms with Gasteiger partial charge in [-0.25, -0.2) is 9.18 Å². The Hall–Kier alpha value is -2.96. The number of allylic oxidation sites excluding steroid dienone is 2. The minimum absolute atomic E-state index is 0.000712. The number of halogens is 1. The molecule has 0 fully saturated rings. The molecule has 6 nitrogen and oxygen atoms in total. The number of aliphatic hydroxyl groups is 1. The van der Waals surface area contributed by atoms with Gasteiger partial charge in [0, 0.05) is 12.6 Å². The molecule has 0 unspecified atom stereocenters. The topological polar surface area (TPSA) is 80.0 Å². The monoisotopic (exact) mass is 316 g/mol. The maximum atomic E-state index is 12.9. The summed E-state index contributed by atoms with van der Waals surface area (Å²) in [7, 11) is 0. The smallest absolute Gasteiger partial charge is 0.344 e. The first-order valence-electron chi connectivity index (χ1n) is 6.95. The van der Waals surface area contributed by atoms with Crippen molar-refractivity contribution in [3.63, 3.8) is 0 Å². The molecule has 0 saturated heterocycles. The molecule has 2 rings (SSSR count). The molecule has 1 heterocycles. The van der Waals surface area contributed by atoms with Gasteiger partial charge in [0.25, 0.3) is 0 Å². The zero-order valence-corrected chi connectivity index (χ0v) is 12.7. The molecule has 2 aromatic rings. The average Bonchev–Trinajstić information content (AvgIpc) is 2.93. The van der Waals surface area contributed by atoms with E-state index in [-0.39, 0.29) is 17.7 Å². The number of carbonyl (C=O) groups is 1. The largest absolute Gasteiger partial charge is 0.508 e. The van der Waals surface area contributed by atoms with E-state index in [4.69, 9.17) is 0 Å². The van der Waals surface area contributed by atoms with Gasteiger partial charge in [-0.2, -0.15) is 4.68 Å². The molecule has 1 aromatic carbocycles. The molecule has 2 N–H and O–H groups in total. The first kappa shape index (κ1) is 16.4. The minimum Gasteiger partial charge on any atom is -0.508 e. The molecule has 0 aliphatic heterocycles. The fourth-order valence-electron chi connectivity index (χ4n) is 1.92. The van der Waals surface area contributed by atoms with Crippen LogP contribution < -0.4 is 16.0 Å². The zero-order chi connectivity index (χ0) is 16.8. The number of hydrogen-bond donors (Lipinski definition) is 2. The van der Waals surface area contributed by atoms with Crippen LogP contribution in [0, 0.1) is 0 Å². The number of hydrogen-bond acceptors (Lipinski definition) is 4. The van der Waals surface area contributed by atoms with Crippen LogP contribution in [0.2, 0.25) is 0 Å². The van der Waals surface area contributed by atoms with Crippen LogP contribution in [0.3, 0.4) is 0 Å². The van der Waals surface area contributed by atoms with Gasteiger partial charge >= 0.3 is 6.03 Å². The molecule has 120 valence electrons. The Labute approximate surface area is 132 Å². The van der Waals surface area contributed by atoms with Crippen molar-refractivity contribution in [2.75, 3.05) is 0 Å². The lowest BCUT2D eigenvalue weighted by atomic mass is 10.1. The van der Waals surface area contributed by atoms with E-state index in [0.717, 1.165) is 4.68 Å². The van der Waals surface area contributed by atoms with Gasteiger partial charge in [-0.3, -0.25) is 0 Å². The molecule has 23 heavy (non-hydrogen) atoms. The Morgan fingerprint density at radius 1 is 1.43 bits per heavy atom. The van der Waals surface area contributed by atoms with Gasteiger partial charge in [-0.1, -0.05) is 36.1 Å². The number of alkyl halides is 1. The van der Waals surface area contributed by atoms with Crippen molar-refractivity contribution in [1.29, 1.82) is 0 Å². The highest BCUT2D eigenvalue weighted by Gasteiger charge is 2.09. The molecule has 0 aliphatic rings. The molecular weight excluding hydrogens is 299 g/mol. The van der Waals surface area contributed by atoms with E-state index in [2.05, 4.69) is 22.2 Å². The van der Waals surface area contributed by atoms with Crippen molar-refractivity contribution in [2.45, 2.75) is 20.1 Å². The number of carbonyl (C=O) groups excluding carboxylic acids is 1. The quantitative estimate of drug-likeness (QED) is 0.830. The number of nitrogens with one attached hydrogen (secondary N) is 1. The lowest BCUT2D eigenvalue weighted by Gasteiger charge is -2.07. The van der Waals surface area contributed by atoms with Gasteiger partial charge in [0.2, 0.25) is 0 Å². The Balaban J connectivity index is 2.16. The SMILES string of the molecule is C=c1/c(=C\C(O)=C/C)nnn1C(=O)NCc1ccccc1CF. The maximum Gasteiger partial charge on any atom is 0.344 e. The fraction of sp³-hybridized carbons (Fsp3) is 0.188. The number of benzene rings is 1. The van der Waals surface area contributed by atoms with Crippen molar-refractivity contribution < 1.29 is 14.3 Å². The number of amides is 1. The number of aromatic nitrogens is 3. The molecule has 1 aromatic heterocycles. The standard InChI is InChI=1S/C16H17FN4O2/c1-3-14(22)8-15-11(2)21(20-19-15)16(23)18-10-13-7-5-4-6-12(13)9-17/h3-8,22H,2,9-10H2,1H3,(H,18,23)/b14-3+,15-8+. The maximum absolute atomic E-state index is 12.9. The Kier molecular flexibility index (Phi) is 5.24. The first-order chi connectivity index (χ1) is 11.1. The number of aliphatic hydroxyl groups excluding tert-OH is 1. The van der Waals surface area contributed by atoms with Gasteiger partial charge in [0.15, 0.2) is 0 Å². The van der Waals surface area contributed by atoms with Gasteiger partial charge in [0.1, 0.15) is 17.8 Å². The summed E-state index contributed by atoms with van der Waals surface area (Å²) in [5.41, 5.74) is 1.21. The highest BCUT2D eigenvalue weighted by atomic mass is 19.1. The summed E-state index contributed by atoms with van der Waals surface area (Å²) in [6.07, 6.45) is 2.84. The van der Waals surface area contributed by atoms with Crippen LogP contribution in [0.5, 0.6) is 0 Å². The van der Waals surface area contributed by atoms with Crippen molar-refractivity contribution in [3.8, 4) is 0 Å². The molecule has 0 radical (unpaired) electrons. The lowest BCUT2D eigenvalue weighted by molar-refractivity contribution is 0.238. The van der Waals surface area contributed by atoms with Crippen LogP contribution in [-0.4, -0.2) is 26.1 Å². The predicted octanol–water partition coefficient (Wildman–Crippen LogP) is 1.16. The summed E-state index contributed by atoms with van der Waals surface area (Å²) in [4.78, 5) is 12.1. The van der Waals surface area contributed by atoms with Gasteiger partial charge in [-0.15, -0.1) is 5.10 Å².